The van der Waals surface area contributed by atoms with E-state index in [0.29, 0.717) is 30.0 Å². The van der Waals surface area contributed by atoms with Crippen molar-refractivity contribution in [3.63, 3.8) is 0 Å². The van der Waals surface area contributed by atoms with E-state index in [1.807, 2.05) is 32.0 Å². The first-order valence-electron chi connectivity index (χ1n) is 9.31. The van der Waals surface area contributed by atoms with Crippen molar-refractivity contribution in [3.8, 4) is 0 Å². The number of nitrogens with zero attached hydrogens (tertiary/aromatic N) is 1. The third kappa shape index (κ3) is 7.36. The monoisotopic (exact) mass is 438 g/mol. The Morgan fingerprint density at radius 1 is 1.17 bits per heavy atom. The van der Waals surface area contributed by atoms with E-state index in [1.165, 1.54) is 6.07 Å². The first-order chi connectivity index (χ1) is 13.7. The van der Waals surface area contributed by atoms with Gasteiger partial charge in [0.25, 0.3) is 0 Å². The van der Waals surface area contributed by atoms with Crippen LogP contribution in [0.4, 0.5) is 10.1 Å². The van der Waals surface area contributed by atoms with Gasteiger partial charge in [0.1, 0.15) is 12.4 Å². The second kappa shape index (κ2) is 10.6. The van der Waals surface area contributed by atoms with Gasteiger partial charge in [-0.2, -0.15) is 11.8 Å². The zero-order valence-corrected chi connectivity index (χ0v) is 18.6. The van der Waals surface area contributed by atoms with Crippen molar-refractivity contribution in [2.75, 3.05) is 29.4 Å². The van der Waals surface area contributed by atoms with Gasteiger partial charge in [0.2, 0.25) is 15.9 Å². The van der Waals surface area contributed by atoms with Gasteiger partial charge in [0.05, 0.1) is 11.9 Å². The maximum atomic E-state index is 13.6. The summed E-state index contributed by atoms with van der Waals surface area (Å²) in [5, 5.41) is 2.77. The molecule has 2 aromatic carbocycles. The predicted octanol–water partition coefficient (Wildman–Crippen LogP) is 3.65. The lowest BCUT2D eigenvalue weighted by Gasteiger charge is -2.24. The zero-order valence-electron chi connectivity index (χ0n) is 16.9. The van der Waals surface area contributed by atoms with Crippen molar-refractivity contribution in [2.45, 2.75) is 26.0 Å². The molecule has 0 bridgehead atoms. The number of benzene rings is 2. The van der Waals surface area contributed by atoms with Crippen molar-refractivity contribution in [3.05, 3.63) is 65.0 Å². The predicted molar refractivity (Wildman–Crippen MR) is 118 cm³/mol. The first kappa shape index (κ1) is 23.2. The molecule has 0 aromatic heterocycles. The van der Waals surface area contributed by atoms with E-state index in [0.717, 1.165) is 27.4 Å². The molecule has 5 nitrogen and oxygen atoms in total. The number of thioether (sulfide) groups is 1. The molecule has 0 spiro atoms. The lowest BCUT2D eigenvalue weighted by atomic mass is 10.1. The van der Waals surface area contributed by atoms with Gasteiger partial charge < -0.3 is 5.32 Å². The van der Waals surface area contributed by atoms with E-state index < -0.39 is 10.0 Å². The standard InChI is InChI=1S/C21H27FN2O3S2/c1-16-9-10-17(2)20(13-16)24(29(3,26)27)14-21(25)23-11-6-12-28-15-18-7-4-5-8-19(18)22/h4-5,7-10,13H,6,11-12,14-15H2,1-3H3,(H,23,25). The maximum absolute atomic E-state index is 13.6. The van der Waals surface area contributed by atoms with Crippen molar-refractivity contribution in [1.82, 2.24) is 5.32 Å². The van der Waals surface area contributed by atoms with Gasteiger partial charge in [-0.1, -0.05) is 30.3 Å². The number of anilines is 1. The van der Waals surface area contributed by atoms with Gasteiger partial charge in [-0.3, -0.25) is 9.10 Å². The van der Waals surface area contributed by atoms with Gasteiger partial charge in [-0.15, -0.1) is 0 Å². The Morgan fingerprint density at radius 2 is 1.90 bits per heavy atom. The van der Waals surface area contributed by atoms with Crippen LogP contribution in [0.3, 0.4) is 0 Å². The Bertz CT molecular complexity index is 949. The molecule has 1 amide bonds. The molecule has 0 atom stereocenters. The Labute approximate surface area is 176 Å². The van der Waals surface area contributed by atoms with E-state index in [4.69, 9.17) is 0 Å². The van der Waals surface area contributed by atoms with Gasteiger partial charge in [0, 0.05) is 12.3 Å². The Kier molecular flexibility index (Phi) is 8.52. The number of hydrogen-bond donors (Lipinski definition) is 1. The van der Waals surface area contributed by atoms with Crippen LogP contribution in [0.5, 0.6) is 0 Å². The minimum absolute atomic E-state index is 0.208. The molecule has 0 aliphatic rings. The minimum atomic E-state index is -3.59. The summed E-state index contributed by atoms with van der Waals surface area (Å²) in [4.78, 5) is 12.3. The molecule has 2 rings (SSSR count). The summed E-state index contributed by atoms with van der Waals surface area (Å²) >= 11 is 1.59. The van der Waals surface area contributed by atoms with E-state index in [9.17, 15) is 17.6 Å². The minimum Gasteiger partial charge on any atom is -0.354 e. The van der Waals surface area contributed by atoms with Gasteiger partial charge in [0.15, 0.2) is 0 Å². The van der Waals surface area contributed by atoms with Gasteiger partial charge in [-0.25, -0.2) is 12.8 Å². The third-order valence-corrected chi connectivity index (χ3v) is 6.54. The molecule has 29 heavy (non-hydrogen) atoms. The highest BCUT2D eigenvalue weighted by molar-refractivity contribution is 7.98. The van der Waals surface area contributed by atoms with Gasteiger partial charge >= 0.3 is 0 Å². The fraction of sp³-hybridized carbons (Fsp3) is 0.381. The average molecular weight is 439 g/mol. The molecule has 0 unspecified atom stereocenters. The summed E-state index contributed by atoms with van der Waals surface area (Å²) in [6.07, 6.45) is 1.81. The molecule has 0 aliphatic heterocycles. The molecule has 1 N–H and O–H groups in total. The maximum Gasteiger partial charge on any atom is 0.240 e. The van der Waals surface area contributed by atoms with Crippen LogP contribution in [0.25, 0.3) is 0 Å². The lowest BCUT2D eigenvalue weighted by molar-refractivity contribution is -0.119. The summed E-state index contributed by atoms with van der Waals surface area (Å²) in [6.45, 7) is 3.87. The summed E-state index contributed by atoms with van der Waals surface area (Å²) in [6, 6.07) is 12.2. The first-order valence-corrected chi connectivity index (χ1v) is 12.3. The summed E-state index contributed by atoms with van der Waals surface area (Å²) in [5.41, 5.74) is 2.90. The normalized spacial score (nSPS) is 11.3. The molecule has 0 heterocycles. The average Bonchev–Trinajstić information content (AvgIpc) is 2.65. The summed E-state index contributed by atoms with van der Waals surface area (Å²) < 4.78 is 39.1. The Morgan fingerprint density at radius 3 is 2.59 bits per heavy atom. The molecule has 0 saturated heterocycles. The molecule has 0 fully saturated rings. The molecule has 0 radical (unpaired) electrons. The Hall–Kier alpha value is -2.06. The highest BCUT2D eigenvalue weighted by atomic mass is 32.2. The number of hydrogen-bond acceptors (Lipinski definition) is 4. The van der Waals surface area contributed by atoms with Crippen LogP contribution < -0.4 is 9.62 Å². The number of carbonyl (C=O) groups is 1. The quantitative estimate of drug-likeness (QED) is 0.575. The molecule has 2 aromatic rings. The highest BCUT2D eigenvalue weighted by Crippen LogP contribution is 2.23. The van der Waals surface area contributed by atoms with E-state index in [1.54, 1.807) is 30.0 Å². The number of nitrogens with one attached hydrogen (secondary N) is 1. The van der Waals surface area contributed by atoms with Crippen LogP contribution in [-0.2, 0) is 20.6 Å². The van der Waals surface area contributed by atoms with Crippen LogP contribution in [0.2, 0.25) is 0 Å². The number of halogens is 1. The smallest absolute Gasteiger partial charge is 0.240 e. The summed E-state index contributed by atoms with van der Waals surface area (Å²) in [7, 11) is -3.59. The second-order valence-corrected chi connectivity index (χ2v) is 9.92. The lowest BCUT2D eigenvalue weighted by Crippen LogP contribution is -2.41. The van der Waals surface area contributed by atoms with Crippen molar-refractivity contribution >= 4 is 33.4 Å². The topological polar surface area (TPSA) is 66.5 Å². The second-order valence-electron chi connectivity index (χ2n) is 6.91. The Balaban J connectivity index is 1.82. The van der Waals surface area contributed by atoms with E-state index in [2.05, 4.69) is 5.32 Å². The van der Waals surface area contributed by atoms with Crippen LogP contribution in [-0.4, -0.2) is 39.4 Å². The van der Waals surface area contributed by atoms with E-state index >= 15 is 0 Å². The fourth-order valence-corrected chi connectivity index (χ4v) is 4.61. The SMILES string of the molecule is Cc1ccc(C)c(N(CC(=O)NCCCSCc2ccccc2F)S(C)(=O)=O)c1. The largest absolute Gasteiger partial charge is 0.354 e. The number of rotatable bonds is 10. The molecule has 8 heteroatoms. The van der Waals surface area contributed by atoms with E-state index in [-0.39, 0.29) is 18.3 Å². The molecule has 0 saturated carbocycles. The fourth-order valence-electron chi connectivity index (χ4n) is 2.76. The zero-order chi connectivity index (χ0) is 21.4. The van der Waals surface area contributed by atoms with Crippen LogP contribution in [0.15, 0.2) is 42.5 Å². The van der Waals surface area contributed by atoms with Crippen LogP contribution >= 0.6 is 11.8 Å². The van der Waals surface area contributed by atoms with Crippen molar-refractivity contribution < 1.29 is 17.6 Å². The number of amides is 1. The molecular formula is C21H27FN2O3S2. The third-order valence-electron chi connectivity index (χ3n) is 4.32. The molecular weight excluding hydrogens is 411 g/mol. The number of aryl methyl sites for hydroxylation is 2. The van der Waals surface area contributed by atoms with Crippen molar-refractivity contribution in [1.29, 1.82) is 0 Å². The van der Waals surface area contributed by atoms with Crippen molar-refractivity contribution in [2.24, 2.45) is 0 Å². The number of sulfonamides is 1. The molecule has 158 valence electrons. The van der Waals surface area contributed by atoms with Crippen LogP contribution in [0.1, 0.15) is 23.1 Å². The summed E-state index contributed by atoms with van der Waals surface area (Å²) in [5.74, 6) is 0.785. The highest BCUT2D eigenvalue weighted by Gasteiger charge is 2.22. The number of carbonyl (C=O) groups excluding carboxylic acids is 1. The van der Waals surface area contributed by atoms with Gasteiger partial charge in [-0.05, 0) is 54.8 Å². The molecule has 0 aliphatic carbocycles. The van der Waals surface area contributed by atoms with Crippen LogP contribution in [0, 0.1) is 19.7 Å².